The summed E-state index contributed by atoms with van der Waals surface area (Å²) in [5.74, 6) is -0.175. The van der Waals surface area contributed by atoms with Gasteiger partial charge in [0.2, 0.25) is 0 Å². The number of nitriles is 1. The molecule has 0 aromatic carbocycles. The van der Waals surface area contributed by atoms with Gasteiger partial charge in [0.1, 0.15) is 11.8 Å². The van der Waals surface area contributed by atoms with Crippen LogP contribution in [0.25, 0.3) is 0 Å². The monoisotopic (exact) mass is 231 g/mol. The number of rotatable bonds is 4. The summed E-state index contributed by atoms with van der Waals surface area (Å²) >= 11 is 0. The van der Waals surface area contributed by atoms with E-state index >= 15 is 0 Å². The van der Waals surface area contributed by atoms with Gasteiger partial charge >= 0.3 is 0 Å². The van der Waals surface area contributed by atoms with Crippen molar-refractivity contribution < 1.29 is 4.79 Å². The van der Waals surface area contributed by atoms with E-state index in [1.807, 2.05) is 19.9 Å². The fourth-order valence-electron chi connectivity index (χ4n) is 1.56. The summed E-state index contributed by atoms with van der Waals surface area (Å²) in [5.41, 5.74) is 1.46. The number of carbonyl (C=O) groups is 1. The summed E-state index contributed by atoms with van der Waals surface area (Å²) in [7, 11) is 0. The third kappa shape index (κ3) is 3.28. The number of nitrogens with one attached hydrogen (secondary N) is 1. The fourth-order valence-corrected chi connectivity index (χ4v) is 1.56. The molecule has 4 nitrogen and oxygen atoms in total. The quantitative estimate of drug-likeness (QED) is 0.863. The highest BCUT2D eigenvalue weighted by Crippen LogP contribution is 2.06. The second kappa shape index (κ2) is 6.00. The summed E-state index contributed by atoms with van der Waals surface area (Å²) in [6.07, 6.45) is 1.80. The maximum atomic E-state index is 11.9. The molecule has 0 saturated heterocycles. The van der Waals surface area contributed by atoms with Gasteiger partial charge in [0.25, 0.3) is 5.91 Å². The maximum absolute atomic E-state index is 11.9. The Balaban J connectivity index is 2.84. The number of hydrogen-bond donors (Lipinski definition) is 1. The Kier molecular flexibility index (Phi) is 4.65. The lowest BCUT2D eigenvalue weighted by Crippen LogP contribution is -2.34. The molecule has 0 saturated carbocycles. The van der Waals surface area contributed by atoms with Gasteiger partial charge in [-0.1, -0.05) is 13.8 Å². The van der Waals surface area contributed by atoms with Crippen LogP contribution in [0, 0.1) is 18.3 Å². The molecule has 1 aromatic heterocycles. The van der Waals surface area contributed by atoms with E-state index in [9.17, 15) is 4.79 Å². The molecule has 90 valence electrons. The zero-order valence-electron chi connectivity index (χ0n) is 10.4. The fraction of sp³-hybridized carbons (Fsp3) is 0.462. The minimum atomic E-state index is -0.175. The lowest BCUT2D eigenvalue weighted by Gasteiger charge is -2.14. The summed E-state index contributed by atoms with van der Waals surface area (Å²) in [5, 5.41) is 11.7. The minimum Gasteiger partial charge on any atom is -0.348 e. The number of aromatic nitrogens is 1. The van der Waals surface area contributed by atoms with Crippen molar-refractivity contribution in [1.82, 2.24) is 10.3 Å². The van der Waals surface area contributed by atoms with Crippen molar-refractivity contribution in [2.75, 3.05) is 0 Å². The average molecular weight is 231 g/mol. The van der Waals surface area contributed by atoms with Gasteiger partial charge < -0.3 is 5.32 Å². The molecule has 1 aromatic rings. The summed E-state index contributed by atoms with van der Waals surface area (Å²) in [6, 6.07) is 5.43. The van der Waals surface area contributed by atoms with Gasteiger partial charge in [0, 0.05) is 6.04 Å². The highest BCUT2D eigenvalue weighted by molar-refractivity contribution is 5.92. The largest absolute Gasteiger partial charge is 0.348 e. The molecule has 4 heteroatoms. The van der Waals surface area contributed by atoms with Gasteiger partial charge in [-0.2, -0.15) is 5.26 Å². The third-order valence-electron chi connectivity index (χ3n) is 2.76. The van der Waals surface area contributed by atoms with Crippen LogP contribution in [0.3, 0.4) is 0 Å². The first-order valence-electron chi connectivity index (χ1n) is 5.81. The minimum absolute atomic E-state index is 0.175. The summed E-state index contributed by atoms with van der Waals surface area (Å²) in [4.78, 5) is 16.0. The number of pyridine rings is 1. The Hall–Kier alpha value is -1.89. The molecular formula is C13H17N3O. The zero-order chi connectivity index (χ0) is 12.8. The molecule has 0 aliphatic carbocycles. The first-order valence-corrected chi connectivity index (χ1v) is 5.81. The Bertz CT molecular complexity index is 444. The Morgan fingerprint density at radius 3 is 2.59 bits per heavy atom. The van der Waals surface area contributed by atoms with Gasteiger partial charge in [0.15, 0.2) is 0 Å². The van der Waals surface area contributed by atoms with Gasteiger partial charge in [-0.05, 0) is 31.9 Å². The molecule has 17 heavy (non-hydrogen) atoms. The maximum Gasteiger partial charge on any atom is 0.270 e. The van der Waals surface area contributed by atoms with Crippen molar-refractivity contribution in [1.29, 1.82) is 5.26 Å². The van der Waals surface area contributed by atoms with Crippen LogP contribution in [-0.2, 0) is 0 Å². The van der Waals surface area contributed by atoms with Crippen LogP contribution >= 0.6 is 0 Å². The molecular weight excluding hydrogens is 214 g/mol. The number of nitrogens with zero attached hydrogens (tertiary/aromatic N) is 2. The Labute approximate surface area is 102 Å². The third-order valence-corrected chi connectivity index (χ3v) is 2.76. The predicted molar refractivity (Wildman–Crippen MR) is 65.5 cm³/mol. The normalized spacial score (nSPS) is 10.1. The summed E-state index contributed by atoms with van der Waals surface area (Å²) in [6.45, 7) is 5.80. The second-order valence-electron chi connectivity index (χ2n) is 3.93. The van der Waals surface area contributed by atoms with Gasteiger partial charge in [-0.15, -0.1) is 0 Å². The smallest absolute Gasteiger partial charge is 0.270 e. The molecule has 0 aliphatic heterocycles. The highest BCUT2D eigenvalue weighted by atomic mass is 16.1. The highest BCUT2D eigenvalue weighted by Gasteiger charge is 2.12. The van der Waals surface area contributed by atoms with Crippen LogP contribution in [0.2, 0.25) is 0 Å². The van der Waals surface area contributed by atoms with E-state index < -0.39 is 0 Å². The SMILES string of the molecule is CCC(CC)NC(=O)c1ccc(C#N)c(C)n1. The molecule has 0 aliphatic rings. The predicted octanol–water partition coefficient (Wildman–Crippen LogP) is 2.18. The van der Waals surface area contributed by atoms with Gasteiger partial charge in [0.05, 0.1) is 11.3 Å². The molecule has 0 atom stereocenters. The molecule has 1 amide bonds. The lowest BCUT2D eigenvalue weighted by atomic mass is 10.1. The van der Waals surface area contributed by atoms with E-state index in [4.69, 9.17) is 5.26 Å². The van der Waals surface area contributed by atoms with Crippen LogP contribution in [0.15, 0.2) is 12.1 Å². The van der Waals surface area contributed by atoms with E-state index in [0.717, 1.165) is 12.8 Å². The van der Waals surface area contributed by atoms with E-state index in [1.165, 1.54) is 0 Å². The molecule has 0 fully saturated rings. The van der Waals surface area contributed by atoms with Crippen molar-refractivity contribution in [3.63, 3.8) is 0 Å². The van der Waals surface area contributed by atoms with Crippen LogP contribution in [0.1, 0.15) is 48.4 Å². The lowest BCUT2D eigenvalue weighted by molar-refractivity contribution is 0.0929. The van der Waals surface area contributed by atoms with E-state index in [-0.39, 0.29) is 11.9 Å². The second-order valence-corrected chi connectivity index (χ2v) is 3.93. The van der Waals surface area contributed by atoms with Crippen molar-refractivity contribution >= 4 is 5.91 Å². The summed E-state index contributed by atoms with van der Waals surface area (Å²) < 4.78 is 0. The Morgan fingerprint density at radius 1 is 1.47 bits per heavy atom. The zero-order valence-corrected chi connectivity index (χ0v) is 10.4. The van der Waals surface area contributed by atoms with Crippen molar-refractivity contribution in [2.24, 2.45) is 0 Å². The molecule has 0 spiro atoms. The number of amides is 1. The number of aryl methyl sites for hydroxylation is 1. The molecule has 0 bridgehead atoms. The average Bonchev–Trinajstić information content (AvgIpc) is 2.35. The molecule has 1 rings (SSSR count). The first kappa shape index (κ1) is 13.2. The molecule has 1 heterocycles. The topological polar surface area (TPSA) is 65.8 Å². The molecule has 1 N–H and O–H groups in total. The van der Waals surface area contributed by atoms with E-state index in [0.29, 0.717) is 17.0 Å². The van der Waals surface area contributed by atoms with Gasteiger partial charge in [-0.25, -0.2) is 4.98 Å². The standard InChI is InChI=1S/C13H17N3O/c1-4-11(5-2)16-13(17)12-7-6-10(8-14)9(3)15-12/h6-7,11H,4-5H2,1-3H3,(H,16,17). The number of hydrogen-bond acceptors (Lipinski definition) is 3. The van der Waals surface area contributed by atoms with Gasteiger partial charge in [-0.3, -0.25) is 4.79 Å². The molecule has 0 radical (unpaired) electrons. The first-order chi connectivity index (χ1) is 8.12. The van der Waals surface area contributed by atoms with Crippen LogP contribution < -0.4 is 5.32 Å². The van der Waals surface area contributed by atoms with E-state index in [1.54, 1.807) is 19.1 Å². The molecule has 0 unspecified atom stereocenters. The van der Waals surface area contributed by atoms with Crippen molar-refractivity contribution in [3.8, 4) is 6.07 Å². The van der Waals surface area contributed by atoms with Crippen LogP contribution in [-0.4, -0.2) is 16.9 Å². The van der Waals surface area contributed by atoms with E-state index in [2.05, 4.69) is 10.3 Å². The Morgan fingerprint density at radius 2 is 2.12 bits per heavy atom. The van der Waals surface area contributed by atoms with Crippen LogP contribution in [0.5, 0.6) is 0 Å². The van der Waals surface area contributed by atoms with Crippen molar-refractivity contribution in [3.05, 3.63) is 29.1 Å². The number of carbonyl (C=O) groups excluding carboxylic acids is 1. The van der Waals surface area contributed by atoms with Crippen molar-refractivity contribution in [2.45, 2.75) is 39.7 Å². The van der Waals surface area contributed by atoms with Crippen LogP contribution in [0.4, 0.5) is 0 Å².